The zero-order valence-corrected chi connectivity index (χ0v) is 13.9. The number of para-hydroxylation sites is 1. The molecular weight excluding hydrogens is 341 g/mol. The molecule has 0 unspecified atom stereocenters. The summed E-state index contributed by atoms with van der Waals surface area (Å²) in [5.41, 5.74) is -0.587. The van der Waals surface area contributed by atoms with Crippen LogP contribution in [0.2, 0.25) is 0 Å². The molecule has 2 N–H and O–H groups in total. The van der Waals surface area contributed by atoms with Gasteiger partial charge in [-0.2, -0.15) is 9.78 Å². The minimum absolute atomic E-state index is 0.00629. The van der Waals surface area contributed by atoms with Gasteiger partial charge in [0.1, 0.15) is 17.2 Å². The van der Waals surface area contributed by atoms with Crippen LogP contribution in [0.5, 0.6) is 0 Å². The molecule has 1 heterocycles. The van der Waals surface area contributed by atoms with E-state index >= 15 is 0 Å². The van der Waals surface area contributed by atoms with Gasteiger partial charge in [0, 0.05) is 12.1 Å². The molecule has 0 radical (unpaired) electrons. The summed E-state index contributed by atoms with van der Waals surface area (Å²) in [6.07, 6.45) is 2.14. The molecule has 1 aromatic carbocycles. The lowest BCUT2D eigenvalue weighted by atomic mass is 9.86. The Kier molecular flexibility index (Phi) is 5.11. The molecule has 3 rings (SSSR count). The van der Waals surface area contributed by atoms with Crippen LogP contribution in [0, 0.1) is 11.7 Å². The molecular formula is C18H18FN3O4. The van der Waals surface area contributed by atoms with Gasteiger partial charge in [-0.05, 0) is 43.9 Å². The lowest BCUT2D eigenvalue weighted by molar-refractivity contribution is -0.142. The molecule has 7 nitrogen and oxygen atoms in total. The number of carboxylic acid groups (broad SMARTS) is 1. The second kappa shape index (κ2) is 7.47. The zero-order chi connectivity index (χ0) is 18.7. The second-order valence-corrected chi connectivity index (χ2v) is 6.28. The first-order valence-corrected chi connectivity index (χ1v) is 8.34. The Bertz CT molecular complexity index is 888. The van der Waals surface area contributed by atoms with E-state index in [2.05, 4.69) is 10.4 Å². The smallest absolute Gasteiger partial charge is 0.306 e. The van der Waals surface area contributed by atoms with Crippen LogP contribution in [0.4, 0.5) is 4.39 Å². The molecule has 1 aromatic heterocycles. The van der Waals surface area contributed by atoms with Crippen molar-refractivity contribution < 1.29 is 19.1 Å². The molecule has 1 saturated carbocycles. The molecule has 0 bridgehead atoms. The van der Waals surface area contributed by atoms with E-state index in [4.69, 9.17) is 5.11 Å². The number of carbonyl (C=O) groups excluding carboxylic acids is 1. The molecule has 1 aliphatic rings. The predicted octanol–water partition coefficient (Wildman–Crippen LogP) is 1.74. The Morgan fingerprint density at radius 3 is 2.46 bits per heavy atom. The van der Waals surface area contributed by atoms with Crippen LogP contribution in [0.3, 0.4) is 0 Å². The summed E-state index contributed by atoms with van der Waals surface area (Å²) in [5.74, 6) is -2.28. The maximum atomic E-state index is 13.9. The van der Waals surface area contributed by atoms with Crippen LogP contribution in [-0.4, -0.2) is 32.8 Å². The Labute approximate surface area is 148 Å². The van der Waals surface area contributed by atoms with E-state index < -0.39 is 23.3 Å². The van der Waals surface area contributed by atoms with Crippen molar-refractivity contribution in [3.05, 3.63) is 58.3 Å². The molecule has 0 saturated heterocycles. The van der Waals surface area contributed by atoms with Crippen molar-refractivity contribution in [3.8, 4) is 5.69 Å². The van der Waals surface area contributed by atoms with E-state index in [1.54, 1.807) is 6.07 Å². The highest BCUT2D eigenvalue weighted by molar-refractivity contribution is 5.92. The number of nitrogens with one attached hydrogen (secondary N) is 1. The number of halogens is 1. The first kappa shape index (κ1) is 17.8. The molecule has 1 fully saturated rings. The van der Waals surface area contributed by atoms with Crippen LogP contribution in [-0.2, 0) is 4.79 Å². The van der Waals surface area contributed by atoms with Crippen molar-refractivity contribution >= 4 is 11.9 Å². The van der Waals surface area contributed by atoms with Crippen molar-refractivity contribution in [2.24, 2.45) is 5.92 Å². The zero-order valence-electron chi connectivity index (χ0n) is 13.9. The van der Waals surface area contributed by atoms with Crippen LogP contribution in [0.25, 0.3) is 5.69 Å². The van der Waals surface area contributed by atoms with Gasteiger partial charge in [0.25, 0.3) is 11.5 Å². The van der Waals surface area contributed by atoms with Gasteiger partial charge in [0.05, 0.1) is 5.92 Å². The quantitative estimate of drug-likeness (QED) is 0.866. The number of aromatic nitrogens is 2. The van der Waals surface area contributed by atoms with Gasteiger partial charge < -0.3 is 10.4 Å². The van der Waals surface area contributed by atoms with Crippen LogP contribution in [0.15, 0.2) is 41.2 Å². The number of carboxylic acids is 1. The van der Waals surface area contributed by atoms with Crippen molar-refractivity contribution in [1.29, 1.82) is 0 Å². The summed E-state index contributed by atoms with van der Waals surface area (Å²) < 4.78 is 14.8. The number of rotatable bonds is 4. The first-order chi connectivity index (χ1) is 12.5. The van der Waals surface area contributed by atoms with E-state index in [-0.39, 0.29) is 23.3 Å². The fourth-order valence-electron chi connectivity index (χ4n) is 3.07. The fourth-order valence-corrected chi connectivity index (χ4v) is 3.07. The minimum Gasteiger partial charge on any atom is -0.481 e. The molecule has 0 atom stereocenters. The van der Waals surface area contributed by atoms with E-state index in [9.17, 15) is 18.8 Å². The topological polar surface area (TPSA) is 101 Å². The number of amides is 1. The molecule has 1 aliphatic carbocycles. The lowest BCUT2D eigenvalue weighted by Crippen LogP contribution is -2.39. The van der Waals surface area contributed by atoms with Gasteiger partial charge in [0.2, 0.25) is 0 Å². The average molecular weight is 359 g/mol. The van der Waals surface area contributed by atoms with Gasteiger partial charge >= 0.3 is 5.97 Å². The highest BCUT2D eigenvalue weighted by atomic mass is 19.1. The van der Waals surface area contributed by atoms with Gasteiger partial charge in [-0.1, -0.05) is 12.1 Å². The molecule has 8 heteroatoms. The molecule has 2 aromatic rings. The third-order valence-electron chi connectivity index (χ3n) is 4.53. The summed E-state index contributed by atoms with van der Waals surface area (Å²) >= 11 is 0. The third kappa shape index (κ3) is 3.79. The van der Waals surface area contributed by atoms with Crippen molar-refractivity contribution in [2.75, 3.05) is 0 Å². The van der Waals surface area contributed by atoms with Crippen LogP contribution >= 0.6 is 0 Å². The Morgan fingerprint density at radius 1 is 1.12 bits per heavy atom. The number of nitrogens with zero attached hydrogens (tertiary/aromatic N) is 2. The SMILES string of the molecule is O=C(NC1CCC(C(=O)O)CC1)c1ccc(=O)n(-c2ccccc2F)n1. The monoisotopic (exact) mass is 359 g/mol. The second-order valence-electron chi connectivity index (χ2n) is 6.28. The lowest BCUT2D eigenvalue weighted by Gasteiger charge is -2.26. The number of hydrogen-bond acceptors (Lipinski definition) is 4. The predicted molar refractivity (Wildman–Crippen MR) is 90.6 cm³/mol. The number of carbonyl (C=O) groups is 2. The first-order valence-electron chi connectivity index (χ1n) is 8.34. The third-order valence-corrected chi connectivity index (χ3v) is 4.53. The maximum absolute atomic E-state index is 13.9. The van der Waals surface area contributed by atoms with Crippen molar-refractivity contribution in [1.82, 2.24) is 15.1 Å². The summed E-state index contributed by atoms with van der Waals surface area (Å²) in [7, 11) is 0. The summed E-state index contributed by atoms with van der Waals surface area (Å²) in [5, 5.41) is 15.8. The number of benzene rings is 1. The molecule has 0 spiro atoms. The van der Waals surface area contributed by atoms with Crippen LogP contribution in [0.1, 0.15) is 36.2 Å². The standard InChI is InChI=1S/C18H18FN3O4/c19-13-3-1-2-4-15(13)22-16(23)10-9-14(21-22)17(24)20-12-7-5-11(6-8-12)18(25)26/h1-4,9-12H,5-8H2,(H,20,24)(H,25,26). The molecule has 1 amide bonds. The Hall–Kier alpha value is -3.03. The maximum Gasteiger partial charge on any atom is 0.306 e. The normalized spacial score (nSPS) is 19.7. The summed E-state index contributed by atoms with van der Waals surface area (Å²) in [4.78, 5) is 35.4. The minimum atomic E-state index is -0.812. The van der Waals surface area contributed by atoms with Gasteiger partial charge in [-0.15, -0.1) is 0 Å². The fraction of sp³-hybridized carbons (Fsp3) is 0.333. The summed E-state index contributed by atoms with van der Waals surface area (Å²) in [6, 6.07) is 7.98. The number of hydrogen-bond donors (Lipinski definition) is 2. The van der Waals surface area contributed by atoms with E-state index in [1.807, 2.05) is 0 Å². The van der Waals surface area contributed by atoms with Crippen LogP contribution < -0.4 is 10.9 Å². The van der Waals surface area contributed by atoms with E-state index in [1.165, 1.54) is 24.3 Å². The highest BCUT2D eigenvalue weighted by Gasteiger charge is 2.27. The van der Waals surface area contributed by atoms with E-state index in [0.717, 1.165) is 10.7 Å². The van der Waals surface area contributed by atoms with E-state index in [0.29, 0.717) is 25.7 Å². The van der Waals surface area contributed by atoms with Gasteiger partial charge in [-0.3, -0.25) is 14.4 Å². The Morgan fingerprint density at radius 2 is 1.81 bits per heavy atom. The largest absolute Gasteiger partial charge is 0.481 e. The van der Waals surface area contributed by atoms with Crippen molar-refractivity contribution in [3.63, 3.8) is 0 Å². The Balaban J connectivity index is 1.75. The average Bonchev–Trinajstić information content (AvgIpc) is 2.63. The van der Waals surface area contributed by atoms with Crippen molar-refractivity contribution in [2.45, 2.75) is 31.7 Å². The molecule has 136 valence electrons. The van der Waals surface area contributed by atoms with Gasteiger partial charge in [0.15, 0.2) is 0 Å². The molecule has 0 aliphatic heterocycles. The highest BCUT2D eigenvalue weighted by Crippen LogP contribution is 2.24. The number of aliphatic carboxylic acids is 1. The summed E-state index contributed by atoms with van der Waals surface area (Å²) in [6.45, 7) is 0. The van der Waals surface area contributed by atoms with Gasteiger partial charge in [-0.25, -0.2) is 4.39 Å². The molecule has 26 heavy (non-hydrogen) atoms.